The van der Waals surface area contributed by atoms with Gasteiger partial charge in [-0.3, -0.25) is 0 Å². The second kappa shape index (κ2) is 12.8. The van der Waals surface area contributed by atoms with Gasteiger partial charge in [0.2, 0.25) is 5.69 Å². The maximum atomic E-state index is 4.66. The lowest BCUT2D eigenvalue weighted by atomic mass is 9.81. The minimum absolute atomic E-state index is 0.0580. The molecule has 1 aliphatic carbocycles. The molecule has 5 heteroatoms. The van der Waals surface area contributed by atoms with Crippen molar-refractivity contribution < 1.29 is 4.58 Å². The van der Waals surface area contributed by atoms with Crippen LogP contribution in [0.25, 0.3) is 5.70 Å². The third-order valence-corrected chi connectivity index (χ3v) is 10.1. The van der Waals surface area contributed by atoms with Crippen LogP contribution < -0.4 is 4.90 Å². The van der Waals surface area contributed by atoms with Gasteiger partial charge < -0.3 is 4.90 Å². The van der Waals surface area contributed by atoms with Crippen molar-refractivity contribution in [2.24, 2.45) is 0 Å². The van der Waals surface area contributed by atoms with E-state index in [1.54, 1.807) is 6.33 Å². The summed E-state index contributed by atoms with van der Waals surface area (Å²) >= 11 is 0. The largest absolute Gasteiger partial charge is 0.344 e. The first-order valence-corrected chi connectivity index (χ1v) is 17.1. The summed E-state index contributed by atoms with van der Waals surface area (Å²) in [7, 11) is 0. The minimum atomic E-state index is -0.0580. The number of allylic oxidation sites excluding steroid dienone is 8. The van der Waals surface area contributed by atoms with Crippen molar-refractivity contribution in [1.29, 1.82) is 0 Å². The number of aromatic nitrogens is 3. The normalized spacial score (nSPS) is 20.6. The Hall–Kier alpha value is -3.99. The van der Waals surface area contributed by atoms with E-state index in [4.69, 9.17) is 0 Å². The Labute approximate surface area is 270 Å². The van der Waals surface area contributed by atoms with Crippen LogP contribution in [0.15, 0.2) is 102 Å². The van der Waals surface area contributed by atoms with Gasteiger partial charge in [-0.2, -0.15) is 9.67 Å². The number of para-hydroxylation sites is 2. The molecule has 0 radical (unpaired) electrons. The summed E-state index contributed by atoms with van der Waals surface area (Å²) in [5.41, 5.74) is 12.0. The molecule has 6 rings (SSSR count). The van der Waals surface area contributed by atoms with E-state index in [1.807, 2.05) is 11.0 Å². The third-order valence-electron chi connectivity index (χ3n) is 10.1. The van der Waals surface area contributed by atoms with Crippen LogP contribution in [0.5, 0.6) is 0 Å². The Bertz CT molecular complexity index is 1690. The number of benzene rings is 2. The molecular formula is C40H50N5+. The Morgan fingerprint density at radius 3 is 2.36 bits per heavy atom. The quantitative estimate of drug-likeness (QED) is 0.218. The second-order valence-electron chi connectivity index (χ2n) is 13.8. The molecule has 3 aliphatic rings. The third kappa shape index (κ3) is 5.67. The van der Waals surface area contributed by atoms with Crippen molar-refractivity contribution in [2.75, 3.05) is 18.0 Å². The van der Waals surface area contributed by atoms with Crippen molar-refractivity contribution in [1.82, 2.24) is 14.8 Å². The van der Waals surface area contributed by atoms with Crippen LogP contribution in [0.4, 0.5) is 11.4 Å². The zero-order chi connectivity index (χ0) is 31.6. The van der Waals surface area contributed by atoms with Gasteiger partial charge in [-0.25, -0.2) is 9.67 Å². The lowest BCUT2D eigenvalue weighted by Gasteiger charge is -2.27. The second-order valence-corrected chi connectivity index (χ2v) is 13.8. The molecule has 0 saturated heterocycles. The van der Waals surface area contributed by atoms with Crippen molar-refractivity contribution in [3.8, 4) is 0 Å². The molecule has 0 spiro atoms. The fourth-order valence-electron chi connectivity index (χ4n) is 7.61. The summed E-state index contributed by atoms with van der Waals surface area (Å²) < 4.78 is 4.54. The summed E-state index contributed by atoms with van der Waals surface area (Å²) in [5.74, 6) is 0. The molecule has 5 nitrogen and oxygen atoms in total. The van der Waals surface area contributed by atoms with E-state index in [-0.39, 0.29) is 10.8 Å². The van der Waals surface area contributed by atoms with Gasteiger partial charge in [0, 0.05) is 47.5 Å². The van der Waals surface area contributed by atoms with Crippen LogP contribution in [-0.4, -0.2) is 38.1 Å². The number of hydrogen-bond acceptors (Lipinski definition) is 3. The number of rotatable bonds is 10. The van der Waals surface area contributed by atoms with Crippen LogP contribution in [-0.2, 0) is 10.8 Å². The van der Waals surface area contributed by atoms with E-state index in [1.165, 1.54) is 76.4 Å². The van der Waals surface area contributed by atoms with E-state index in [9.17, 15) is 0 Å². The maximum absolute atomic E-state index is 4.66. The van der Waals surface area contributed by atoms with Crippen molar-refractivity contribution >= 4 is 22.8 Å². The van der Waals surface area contributed by atoms with Crippen molar-refractivity contribution in [2.45, 2.75) is 97.3 Å². The average molecular weight is 601 g/mol. The highest BCUT2D eigenvalue weighted by Gasteiger charge is 2.44. The van der Waals surface area contributed by atoms with Crippen LogP contribution in [0, 0.1) is 0 Å². The van der Waals surface area contributed by atoms with E-state index < -0.39 is 0 Å². The SMILES string of the molecule is CCCCN1/C(=C/C=C2\CCCC(/C=C/C3=[N+](CCCC)c4ccccc4C3(C)C)=C2n2cncn2)C(C)(C)c2ccccc21. The van der Waals surface area contributed by atoms with Crippen molar-refractivity contribution in [3.63, 3.8) is 0 Å². The number of unbranched alkanes of at least 4 members (excludes halogenated alkanes) is 2. The lowest BCUT2D eigenvalue weighted by Crippen LogP contribution is -2.28. The predicted molar refractivity (Wildman–Crippen MR) is 188 cm³/mol. The lowest BCUT2D eigenvalue weighted by molar-refractivity contribution is -0.438. The average Bonchev–Trinajstić information content (AvgIpc) is 3.70. The Morgan fingerprint density at radius 1 is 0.844 bits per heavy atom. The molecular weight excluding hydrogens is 550 g/mol. The van der Waals surface area contributed by atoms with Gasteiger partial charge in [0.25, 0.3) is 0 Å². The minimum Gasteiger partial charge on any atom is -0.344 e. The van der Waals surface area contributed by atoms with Gasteiger partial charge >= 0.3 is 0 Å². The molecule has 3 heterocycles. The fraction of sp³-hybridized carbons (Fsp3) is 0.425. The molecule has 0 bridgehead atoms. The maximum Gasteiger partial charge on any atom is 0.209 e. The van der Waals surface area contributed by atoms with Gasteiger partial charge in [0.15, 0.2) is 5.71 Å². The van der Waals surface area contributed by atoms with Crippen LogP contribution >= 0.6 is 0 Å². The first kappa shape index (κ1) is 31.0. The molecule has 0 amide bonds. The standard InChI is InChI=1S/C40H50N5/c1-7-9-26-43-34-20-13-11-18-32(34)39(3,4)36(43)24-22-30-16-15-17-31(38(30)45-29-41-28-42-45)23-25-37-40(5,6)33-19-12-14-21-35(33)44(37)27-10-8-2/h11-14,18-25,28-29H,7-10,15-17,26-27H2,1-6H3/q+1. The van der Waals surface area contributed by atoms with E-state index >= 15 is 0 Å². The van der Waals surface area contributed by atoms with Crippen LogP contribution in [0.1, 0.15) is 97.6 Å². The first-order chi connectivity index (χ1) is 21.8. The Morgan fingerprint density at radius 2 is 1.60 bits per heavy atom. The molecule has 45 heavy (non-hydrogen) atoms. The summed E-state index contributed by atoms with van der Waals surface area (Å²) in [6, 6.07) is 17.9. The fourth-order valence-corrected chi connectivity index (χ4v) is 7.61. The molecule has 0 unspecified atom stereocenters. The van der Waals surface area contributed by atoms with E-state index in [2.05, 4.69) is 134 Å². The highest BCUT2D eigenvalue weighted by molar-refractivity contribution is 6.03. The van der Waals surface area contributed by atoms with Crippen LogP contribution in [0.2, 0.25) is 0 Å². The number of hydrogen-bond donors (Lipinski definition) is 0. The highest BCUT2D eigenvalue weighted by atomic mass is 15.3. The molecule has 0 fully saturated rings. The van der Waals surface area contributed by atoms with E-state index in [0.717, 1.165) is 32.4 Å². The van der Waals surface area contributed by atoms with Gasteiger partial charge in [-0.15, -0.1) is 0 Å². The highest BCUT2D eigenvalue weighted by Crippen LogP contribution is 2.48. The summed E-state index contributed by atoms with van der Waals surface area (Å²) in [6.07, 6.45) is 20.9. The Balaban J connectivity index is 1.43. The summed E-state index contributed by atoms with van der Waals surface area (Å²) in [4.78, 5) is 6.92. The van der Waals surface area contributed by atoms with Gasteiger partial charge in [-0.1, -0.05) is 89.1 Å². The van der Waals surface area contributed by atoms with Gasteiger partial charge in [0.05, 0.1) is 11.1 Å². The molecule has 2 aliphatic heterocycles. The zero-order valence-corrected chi connectivity index (χ0v) is 28.2. The first-order valence-electron chi connectivity index (χ1n) is 17.1. The van der Waals surface area contributed by atoms with E-state index in [0.29, 0.717) is 0 Å². The van der Waals surface area contributed by atoms with Crippen molar-refractivity contribution in [3.05, 3.63) is 113 Å². The monoisotopic (exact) mass is 600 g/mol. The Kier molecular flexibility index (Phi) is 8.81. The molecule has 3 aromatic rings. The number of nitrogens with zero attached hydrogens (tertiary/aromatic N) is 5. The number of anilines is 1. The molecule has 0 saturated carbocycles. The predicted octanol–water partition coefficient (Wildman–Crippen LogP) is 9.51. The molecule has 2 aromatic carbocycles. The smallest absolute Gasteiger partial charge is 0.209 e. The zero-order valence-electron chi connectivity index (χ0n) is 28.2. The van der Waals surface area contributed by atoms with Crippen LogP contribution in [0.3, 0.4) is 0 Å². The van der Waals surface area contributed by atoms with Gasteiger partial charge in [-0.05, 0) is 68.4 Å². The summed E-state index contributed by atoms with van der Waals surface area (Å²) in [5, 5.41) is 4.66. The molecule has 0 atom stereocenters. The molecule has 234 valence electrons. The topological polar surface area (TPSA) is 37.0 Å². The molecule has 1 aromatic heterocycles. The summed E-state index contributed by atoms with van der Waals surface area (Å²) in [6.45, 7) is 16.1. The number of fused-ring (bicyclic) bond motifs is 2. The van der Waals surface area contributed by atoms with Gasteiger partial charge in [0.1, 0.15) is 19.2 Å². The molecule has 0 N–H and O–H groups in total.